The molecule has 0 spiro atoms. The fourth-order valence-electron chi connectivity index (χ4n) is 2.33. The smallest absolute Gasteiger partial charge is 0.0860 e. The van der Waals surface area contributed by atoms with E-state index in [2.05, 4.69) is 10.4 Å². The lowest BCUT2D eigenvalue weighted by molar-refractivity contribution is 0.105. The molecule has 2 rings (SSSR count). The van der Waals surface area contributed by atoms with E-state index < -0.39 is 6.10 Å². The summed E-state index contributed by atoms with van der Waals surface area (Å²) in [5.41, 5.74) is 0. The number of aromatic nitrogens is 2. The third-order valence-corrected chi connectivity index (χ3v) is 3.32. The van der Waals surface area contributed by atoms with Crippen molar-refractivity contribution in [3.8, 4) is 0 Å². The summed E-state index contributed by atoms with van der Waals surface area (Å²) >= 11 is 0. The second kappa shape index (κ2) is 6.14. The lowest BCUT2D eigenvalue weighted by atomic mass is 10.2. The Bertz CT molecular complexity index is 316. The van der Waals surface area contributed by atoms with Crippen LogP contribution < -0.4 is 5.32 Å². The second-order valence-corrected chi connectivity index (χ2v) is 4.66. The van der Waals surface area contributed by atoms with E-state index in [4.69, 9.17) is 4.74 Å². The molecule has 96 valence electrons. The quantitative estimate of drug-likeness (QED) is 0.754. The normalized spacial score (nSPS) is 26.2. The van der Waals surface area contributed by atoms with Crippen LogP contribution in [0.15, 0.2) is 18.5 Å². The van der Waals surface area contributed by atoms with Gasteiger partial charge in [-0.3, -0.25) is 4.68 Å². The summed E-state index contributed by atoms with van der Waals surface area (Å²) in [5, 5.41) is 17.3. The molecule has 5 nitrogen and oxygen atoms in total. The van der Waals surface area contributed by atoms with Gasteiger partial charge in [-0.2, -0.15) is 5.10 Å². The van der Waals surface area contributed by atoms with Gasteiger partial charge in [0.2, 0.25) is 0 Å². The molecule has 1 aliphatic rings. The molecule has 2 N–H and O–H groups in total. The topological polar surface area (TPSA) is 59.3 Å². The Hall–Kier alpha value is -0.910. The summed E-state index contributed by atoms with van der Waals surface area (Å²) in [6.45, 7) is 1.15. The Balaban J connectivity index is 1.65. The highest BCUT2D eigenvalue weighted by molar-refractivity contribution is 4.82. The van der Waals surface area contributed by atoms with Gasteiger partial charge < -0.3 is 15.2 Å². The number of nitrogens with zero attached hydrogens (tertiary/aromatic N) is 2. The molecule has 0 radical (unpaired) electrons. The lowest BCUT2D eigenvalue weighted by Crippen LogP contribution is -2.36. The zero-order valence-electron chi connectivity index (χ0n) is 10.2. The predicted octanol–water partition coefficient (Wildman–Crippen LogP) is 0.401. The zero-order valence-corrected chi connectivity index (χ0v) is 10.2. The maximum Gasteiger partial charge on any atom is 0.0860 e. The van der Waals surface area contributed by atoms with Crippen molar-refractivity contribution in [2.24, 2.45) is 0 Å². The third kappa shape index (κ3) is 3.80. The molecule has 0 amide bonds. The van der Waals surface area contributed by atoms with Gasteiger partial charge in [0.25, 0.3) is 0 Å². The van der Waals surface area contributed by atoms with E-state index >= 15 is 0 Å². The number of hydrogen-bond acceptors (Lipinski definition) is 4. The van der Waals surface area contributed by atoms with Crippen molar-refractivity contribution in [3.05, 3.63) is 18.5 Å². The van der Waals surface area contributed by atoms with Crippen LogP contribution in [-0.2, 0) is 11.3 Å². The highest BCUT2D eigenvalue weighted by Crippen LogP contribution is 2.21. The molecule has 1 saturated carbocycles. The van der Waals surface area contributed by atoms with Gasteiger partial charge in [0.1, 0.15) is 0 Å². The van der Waals surface area contributed by atoms with Gasteiger partial charge in [0.15, 0.2) is 0 Å². The van der Waals surface area contributed by atoms with Gasteiger partial charge in [-0.05, 0) is 25.3 Å². The van der Waals surface area contributed by atoms with E-state index in [1.165, 1.54) is 0 Å². The first-order chi connectivity index (χ1) is 8.28. The summed E-state index contributed by atoms with van der Waals surface area (Å²) < 4.78 is 7.07. The monoisotopic (exact) mass is 239 g/mol. The minimum atomic E-state index is -0.392. The van der Waals surface area contributed by atoms with Crippen LogP contribution in [-0.4, -0.2) is 46.8 Å². The Morgan fingerprint density at radius 2 is 2.47 bits per heavy atom. The van der Waals surface area contributed by atoms with Crippen LogP contribution in [0.4, 0.5) is 0 Å². The van der Waals surface area contributed by atoms with Crippen molar-refractivity contribution in [1.82, 2.24) is 15.1 Å². The van der Waals surface area contributed by atoms with Gasteiger partial charge in [-0.1, -0.05) is 0 Å². The zero-order chi connectivity index (χ0) is 12.1. The molecule has 1 heterocycles. The molecule has 0 aliphatic heterocycles. The van der Waals surface area contributed by atoms with Crippen LogP contribution in [0.5, 0.6) is 0 Å². The largest absolute Gasteiger partial charge is 0.390 e. The molecule has 1 aromatic heterocycles. The van der Waals surface area contributed by atoms with Crippen LogP contribution in [0.1, 0.15) is 19.3 Å². The van der Waals surface area contributed by atoms with Gasteiger partial charge in [-0.15, -0.1) is 0 Å². The predicted molar refractivity (Wildman–Crippen MR) is 64.7 cm³/mol. The van der Waals surface area contributed by atoms with E-state index in [0.29, 0.717) is 25.2 Å². The van der Waals surface area contributed by atoms with Crippen molar-refractivity contribution in [2.75, 3.05) is 13.7 Å². The van der Waals surface area contributed by atoms with Crippen molar-refractivity contribution in [2.45, 2.75) is 44.1 Å². The fraction of sp³-hybridized carbons (Fsp3) is 0.750. The first-order valence-corrected chi connectivity index (χ1v) is 6.19. The maximum absolute atomic E-state index is 9.85. The summed E-state index contributed by atoms with van der Waals surface area (Å²) in [4.78, 5) is 0. The average Bonchev–Trinajstić information content (AvgIpc) is 2.96. The number of methoxy groups -OCH3 is 1. The Labute approximate surface area is 102 Å². The van der Waals surface area contributed by atoms with E-state index in [9.17, 15) is 5.11 Å². The Morgan fingerprint density at radius 3 is 3.12 bits per heavy atom. The average molecular weight is 239 g/mol. The molecule has 3 unspecified atom stereocenters. The van der Waals surface area contributed by atoms with E-state index in [0.717, 1.165) is 19.3 Å². The fourth-order valence-corrected chi connectivity index (χ4v) is 2.33. The van der Waals surface area contributed by atoms with Gasteiger partial charge in [-0.25, -0.2) is 0 Å². The molecule has 1 aliphatic carbocycles. The van der Waals surface area contributed by atoms with Gasteiger partial charge in [0.05, 0.1) is 18.8 Å². The van der Waals surface area contributed by atoms with Gasteiger partial charge in [0, 0.05) is 32.1 Å². The first kappa shape index (κ1) is 12.5. The first-order valence-electron chi connectivity index (χ1n) is 6.19. The number of nitrogens with one attached hydrogen (secondary N) is 1. The van der Waals surface area contributed by atoms with Crippen LogP contribution in [0.25, 0.3) is 0 Å². The molecular formula is C12H21N3O2. The van der Waals surface area contributed by atoms with Crippen LogP contribution in [0.3, 0.4) is 0 Å². The molecule has 3 atom stereocenters. The molecular weight excluding hydrogens is 218 g/mol. The van der Waals surface area contributed by atoms with Crippen LogP contribution in [0.2, 0.25) is 0 Å². The van der Waals surface area contributed by atoms with Crippen molar-refractivity contribution in [3.63, 3.8) is 0 Å². The van der Waals surface area contributed by atoms with Crippen molar-refractivity contribution >= 4 is 0 Å². The number of hydrogen-bond donors (Lipinski definition) is 2. The molecule has 0 aromatic carbocycles. The second-order valence-electron chi connectivity index (χ2n) is 4.66. The lowest BCUT2D eigenvalue weighted by Gasteiger charge is -2.16. The minimum absolute atomic E-state index is 0.385. The van der Waals surface area contributed by atoms with Gasteiger partial charge >= 0.3 is 0 Å². The number of rotatable bonds is 6. The SMILES string of the molecule is COC1CCC(NCC(O)Cn2cccn2)C1. The highest BCUT2D eigenvalue weighted by Gasteiger charge is 2.24. The Morgan fingerprint density at radius 1 is 1.59 bits per heavy atom. The molecule has 0 bridgehead atoms. The number of aliphatic hydroxyl groups is 1. The number of ether oxygens (including phenoxy) is 1. The molecule has 1 aromatic rings. The molecule has 0 saturated heterocycles. The van der Waals surface area contributed by atoms with Crippen LogP contribution >= 0.6 is 0 Å². The minimum Gasteiger partial charge on any atom is -0.390 e. The maximum atomic E-state index is 9.85. The van der Waals surface area contributed by atoms with E-state index in [-0.39, 0.29) is 0 Å². The third-order valence-electron chi connectivity index (χ3n) is 3.32. The standard InChI is InChI=1S/C12H21N3O2/c1-17-12-4-3-10(7-12)13-8-11(16)9-15-6-2-5-14-15/h2,5-6,10-13,16H,3-4,7-9H2,1H3. The van der Waals surface area contributed by atoms with Crippen molar-refractivity contribution in [1.29, 1.82) is 0 Å². The summed E-state index contributed by atoms with van der Waals surface area (Å²) in [7, 11) is 1.76. The van der Waals surface area contributed by atoms with E-state index in [1.807, 2.05) is 12.3 Å². The summed E-state index contributed by atoms with van der Waals surface area (Å²) in [6.07, 6.45) is 6.87. The summed E-state index contributed by atoms with van der Waals surface area (Å²) in [6, 6.07) is 2.34. The molecule has 5 heteroatoms. The molecule has 1 fully saturated rings. The van der Waals surface area contributed by atoms with Crippen molar-refractivity contribution < 1.29 is 9.84 Å². The van der Waals surface area contributed by atoms with E-state index in [1.54, 1.807) is 18.0 Å². The highest BCUT2D eigenvalue weighted by atomic mass is 16.5. The Kier molecular flexibility index (Phi) is 4.53. The summed E-state index contributed by atoms with van der Waals surface area (Å²) in [5.74, 6) is 0. The number of aliphatic hydroxyl groups excluding tert-OH is 1. The van der Waals surface area contributed by atoms with Crippen LogP contribution in [0, 0.1) is 0 Å². The molecule has 17 heavy (non-hydrogen) atoms.